The van der Waals surface area contributed by atoms with Gasteiger partial charge in [0, 0.05) is 29.7 Å². The number of anilines is 1. The molecule has 0 saturated heterocycles. The molecule has 33 heavy (non-hydrogen) atoms. The molecule has 9 nitrogen and oxygen atoms in total. The van der Waals surface area contributed by atoms with Gasteiger partial charge in [0.2, 0.25) is 5.76 Å². The fraction of sp³-hybridized carbons (Fsp3) is 0.333. The van der Waals surface area contributed by atoms with E-state index in [0.29, 0.717) is 12.8 Å². The van der Waals surface area contributed by atoms with E-state index in [1.165, 1.54) is 18.5 Å². The highest BCUT2D eigenvalue weighted by Gasteiger charge is 2.32. The number of rotatable bonds is 8. The number of benzene rings is 1. The van der Waals surface area contributed by atoms with Gasteiger partial charge < -0.3 is 24.5 Å². The molecule has 0 spiro atoms. The summed E-state index contributed by atoms with van der Waals surface area (Å²) in [5, 5.41) is 6.15. The van der Waals surface area contributed by atoms with Crippen LogP contribution in [0.2, 0.25) is 0 Å². The van der Waals surface area contributed by atoms with Crippen molar-refractivity contribution in [1.82, 2.24) is 15.3 Å². The van der Waals surface area contributed by atoms with Gasteiger partial charge in [-0.2, -0.15) is 8.78 Å². The van der Waals surface area contributed by atoms with Crippen LogP contribution < -0.4 is 15.4 Å². The summed E-state index contributed by atoms with van der Waals surface area (Å²) in [5.41, 5.74) is 0.414. The largest absolute Gasteiger partial charge is 0.460 e. The van der Waals surface area contributed by atoms with Crippen molar-refractivity contribution in [2.75, 3.05) is 11.9 Å². The maximum absolute atomic E-state index is 14.0. The molecule has 3 aromatic rings. The Balaban J connectivity index is 1.31. The summed E-state index contributed by atoms with van der Waals surface area (Å²) in [6.45, 7) is -1.25. The zero-order valence-electron chi connectivity index (χ0n) is 17.3. The van der Waals surface area contributed by atoms with E-state index in [4.69, 9.17) is 9.15 Å². The first-order chi connectivity index (χ1) is 15.8. The second-order valence-corrected chi connectivity index (χ2v) is 7.31. The van der Waals surface area contributed by atoms with E-state index in [9.17, 15) is 22.8 Å². The van der Waals surface area contributed by atoms with Crippen molar-refractivity contribution in [3.05, 3.63) is 47.7 Å². The monoisotopic (exact) mass is 464 g/mol. The predicted octanol–water partition coefficient (Wildman–Crippen LogP) is 3.51. The molecule has 12 heteroatoms. The Hall–Kier alpha value is -3.83. The van der Waals surface area contributed by atoms with Gasteiger partial charge in [0.1, 0.15) is 0 Å². The number of esters is 1. The van der Waals surface area contributed by atoms with Crippen LogP contribution in [0.4, 0.5) is 19.2 Å². The normalized spacial score (nSPS) is 17.5. The molecule has 1 aliphatic carbocycles. The summed E-state index contributed by atoms with van der Waals surface area (Å²) in [6.07, 6.45) is 3.73. The van der Waals surface area contributed by atoms with E-state index in [1.807, 2.05) is 0 Å². The summed E-state index contributed by atoms with van der Waals surface area (Å²) >= 11 is 0. The number of pyridine rings is 1. The minimum Gasteiger partial charge on any atom is -0.460 e. The van der Waals surface area contributed by atoms with E-state index in [1.54, 1.807) is 6.92 Å². The third-order valence-electron chi connectivity index (χ3n) is 5.00. The standard InChI is InChI=1S/C21H19F3N4O5/c1-2-31-19(30)17-9-26-21(33-17)28-13-5-12(6-13)27-18(29)11-3-10-4-14(22)16(32-20(23)24)7-15(10)25-8-11/h3-4,7-9,12-13,20H,2,5-6H2,1H3,(H,26,28)(H,27,29)/t12-,13-. The van der Waals surface area contributed by atoms with Crippen molar-refractivity contribution < 1.29 is 36.7 Å². The fourth-order valence-corrected chi connectivity index (χ4v) is 3.37. The van der Waals surface area contributed by atoms with Crippen LogP contribution in [0.5, 0.6) is 5.75 Å². The van der Waals surface area contributed by atoms with Crippen molar-refractivity contribution >= 4 is 28.8 Å². The van der Waals surface area contributed by atoms with Gasteiger partial charge in [-0.15, -0.1) is 0 Å². The Morgan fingerprint density at radius 2 is 1.97 bits per heavy atom. The summed E-state index contributed by atoms with van der Waals surface area (Å²) in [6, 6.07) is 3.51. The zero-order chi connectivity index (χ0) is 23.5. The number of fused-ring (bicyclic) bond motifs is 1. The quantitative estimate of drug-likeness (QED) is 0.487. The number of alkyl halides is 2. The molecule has 0 bridgehead atoms. The molecule has 4 rings (SSSR count). The van der Waals surface area contributed by atoms with Crippen molar-refractivity contribution in [2.45, 2.75) is 38.5 Å². The number of hydrogen-bond donors (Lipinski definition) is 2. The number of hydrogen-bond acceptors (Lipinski definition) is 8. The van der Waals surface area contributed by atoms with Crippen LogP contribution in [-0.2, 0) is 4.74 Å². The first-order valence-corrected chi connectivity index (χ1v) is 10.1. The number of carbonyl (C=O) groups excluding carboxylic acids is 2. The van der Waals surface area contributed by atoms with Crippen LogP contribution in [-0.4, -0.2) is 47.1 Å². The van der Waals surface area contributed by atoms with Crippen LogP contribution in [0.15, 0.2) is 35.0 Å². The molecule has 2 N–H and O–H groups in total. The minimum atomic E-state index is -3.16. The van der Waals surface area contributed by atoms with Crippen LogP contribution >= 0.6 is 0 Å². The molecule has 1 fully saturated rings. The lowest BCUT2D eigenvalue weighted by Crippen LogP contribution is -2.49. The average Bonchev–Trinajstić information content (AvgIpc) is 3.21. The lowest BCUT2D eigenvalue weighted by atomic mass is 9.86. The SMILES string of the molecule is CCOC(=O)c1cnc(N[C@H]2C[C@H](NC(=O)c3cnc4cc(OC(F)F)c(F)cc4c3)C2)o1. The summed E-state index contributed by atoms with van der Waals surface area (Å²) in [7, 11) is 0. The Morgan fingerprint density at radius 1 is 1.18 bits per heavy atom. The number of halogens is 3. The molecular formula is C21H19F3N4O5. The fourth-order valence-electron chi connectivity index (χ4n) is 3.37. The number of oxazole rings is 1. The highest BCUT2D eigenvalue weighted by atomic mass is 19.3. The predicted molar refractivity (Wildman–Crippen MR) is 109 cm³/mol. The van der Waals surface area contributed by atoms with Crippen LogP contribution in [0, 0.1) is 5.82 Å². The Morgan fingerprint density at radius 3 is 2.70 bits per heavy atom. The highest BCUT2D eigenvalue weighted by molar-refractivity contribution is 5.97. The average molecular weight is 464 g/mol. The lowest BCUT2D eigenvalue weighted by molar-refractivity contribution is -0.0520. The highest BCUT2D eigenvalue weighted by Crippen LogP contribution is 2.27. The van der Waals surface area contributed by atoms with Gasteiger partial charge in [-0.05, 0) is 31.9 Å². The third-order valence-corrected chi connectivity index (χ3v) is 5.00. The summed E-state index contributed by atoms with van der Waals surface area (Å²) in [4.78, 5) is 32.1. The maximum Gasteiger partial charge on any atom is 0.387 e. The molecule has 1 aliphatic rings. The van der Waals surface area contributed by atoms with Crippen molar-refractivity contribution in [1.29, 1.82) is 0 Å². The number of nitrogens with one attached hydrogen (secondary N) is 2. The van der Waals surface area contributed by atoms with Crippen molar-refractivity contribution in [2.24, 2.45) is 0 Å². The van der Waals surface area contributed by atoms with E-state index < -0.39 is 30.1 Å². The molecule has 2 aromatic heterocycles. The van der Waals surface area contributed by atoms with E-state index in [2.05, 4.69) is 25.3 Å². The van der Waals surface area contributed by atoms with Gasteiger partial charge in [-0.1, -0.05) is 0 Å². The molecule has 174 valence electrons. The number of carbonyl (C=O) groups is 2. The summed E-state index contributed by atoms with van der Waals surface area (Å²) in [5.74, 6) is -2.60. The molecule has 0 unspecified atom stereocenters. The molecule has 0 radical (unpaired) electrons. The third kappa shape index (κ3) is 5.16. The van der Waals surface area contributed by atoms with Gasteiger partial charge in [-0.25, -0.2) is 14.2 Å². The van der Waals surface area contributed by atoms with Crippen LogP contribution in [0.25, 0.3) is 10.9 Å². The first-order valence-electron chi connectivity index (χ1n) is 10.1. The number of aromatic nitrogens is 2. The Kier molecular flexibility index (Phi) is 6.33. The lowest BCUT2D eigenvalue weighted by Gasteiger charge is -2.35. The first kappa shape index (κ1) is 22.4. The van der Waals surface area contributed by atoms with Crippen molar-refractivity contribution in [3.8, 4) is 5.75 Å². The smallest absolute Gasteiger partial charge is 0.387 e. The Bertz CT molecular complexity index is 1180. The Labute approximate surface area is 185 Å². The maximum atomic E-state index is 14.0. The van der Waals surface area contributed by atoms with Gasteiger partial charge >= 0.3 is 12.6 Å². The van der Waals surface area contributed by atoms with Crippen LogP contribution in [0.1, 0.15) is 40.7 Å². The molecule has 2 heterocycles. The summed E-state index contributed by atoms with van der Waals surface area (Å²) < 4.78 is 52.9. The molecule has 1 aromatic carbocycles. The van der Waals surface area contributed by atoms with Gasteiger partial charge in [0.15, 0.2) is 11.6 Å². The van der Waals surface area contributed by atoms with Gasteiger partial charge in [-0.3, -0.25) is 9.78 Å². The van der Waals surface area contributed by atoms with Crippen LogP contribution in [0.3, 0.4) is 0 Å². The van der Waals surface area contributed by atoms with Crippen molar-refractivity contribution in [3.63, 3.8) is 0 Å². The number of nitrogens with zero attached hydrogens (tertiary/aromatic N) is 2. The number of ether oxygens (including phenoxy) is 2. The molecule has 1 amide bonds. The molecule has 1 saturated carbocycles. The minimum absolute atomic E-state index is 0.00310. The molecule has 0 aliphatic heterocycles. The van der Waals surface area contributed by atoms with E-state index in [0.717, 1.165) is 12.1 Å². The zero-order valence-corrected chi connectivity index (χ0v) is 17.3. The van der Waals surface area contributed by atoms with Gasteiger partial charge in [0.05, 0.1) is 23.9 Å². The van der Waals surface area contributed by atoms with Gasteiger partial charge in [0.25, 0.3) is 11.9 Å². The number of amides is 1. The topological polar surface area (TPSA) is 116 Å². The second-order valence-electron chi connectivity index (χ2n) is 7.31. The van der Waals surface area contributed by atoms with E-state index in [-0.39, 0.29) is 46.9 Å². The molecular weight excluding hydrogens is 445 g/mol. The molecule has 0 atom stereocenters. The second kappa shape index (κ2) is 9.35. The van der Waals surface area contributed by atoms with E-state index >= 15 is 0 Å².